The van der Waals surface area contributed by atoms with Crippen molar-refractivity contribution in [3.63, 3.8) is 0 Å². The molecule has 0 aliphatic carbocycles. The molecular weight excluding hydrogens is 236 g/mol. The first-order chi connectivity index (χ1) is 8.11. The summed E-state index contributed by atoms with van der Waals surface area (Å²) in [5.74, 6) is 0.462. The number of nitrogens with zero attached hydrogens (tertiary/aromatic N) is 1. The van der Waals surface area contributed by atoms with Crippen LogP contribution in [0.15, 0.2) is 24.1 Å². The van der Waals surface area contributed by atoms with Gasteiger partial charge in [-0.15, -0.1) is 16.4 Å². The highest BCUT2D eigenvalue weighted by molar-refractivity contribution is 7.12. The molecule has 1 aliphatic rings. The van der Waals surface area contributed by atoms with E-state index in [9.17, 15) is 0 Å². The molecule has 4 nitrogen and oxygen atoms in total. The summed E-state index contributed by atoms with van der Waals surface area (Å²) >= 11 is 1.76. The Kier molecular flexibility index (Phi) is 3.71. The maximum atomic E-state index is 5.75. The van der Waals surface area contributed by atoms with Crippen LogP contribution in [0.4, 0.5) is 0 Å². The molecule has 94 valence electrons. The zero-order chi connectivity index (χ0) is 12.4. The van der Waals surface area contributed by atoms with Crippen LogP contribution in [0.5, 0.6) is 0 Å². The largest absolute Gasteiger partial charge is 0.387 e. The van der Waals surface area contributed by atoms with E-state index in [1.807, 2.05) is 11.1 Å². The molecule has 2 rings (SSSR count). The number of hydrogen-bond acceptors (Lipinski definition) is 5. The molecule has 0 aromatic carbocycles. The summed E-state index contributed by atoms with van der Waals surface area (Å²) in [6.45, 7) is 4.77. The van der Waals surface area contributed by atoms with E-state index in [-0.39, 0.29) is 12.1 Å². The molecule has 0 fully saturated rings. The van der Waals surface area contributed by atoms with Gasteiger partial charge in [0.1, 0.15) is 6.04 Å². The van der Waals surface area contributed by atoms with Crippen molar-refractivity contribution < 1.29 is 9.57 Å². The minimum atomic E-state index is 0.0962. The molecular formula is C12H18N2O2S. The topological polar surface area (TPSA) is 47.7 Å². The molecule has 1 aromatic rings. The van der Waals surface area contributed by atoms with Gasteiger partial charge < -0.3 is 15.3 Å². The fourth-order valence-electron chi connectivity index (χ4n) is 1.94. The molecule has 2 N–H and O–H groups in total. The average Bonchev–Trinajstić information content (AvgIpc) is 2.84. The number of hydroxylamine groups is 2. The Morgan fingerprint density at radius 3 is 2.94 bits per heavy atom. The Morgan fingerprint density at radius 2 is 2.35 bits per heavy atom. The second-order valence-corrected chi connectivity index (χ2v) is 5.54. The number of ether oxygens (including phenoxy) is 1. The second kappa shape index (κ2) is 5.08. The van der Waals surface area contributed by atoms with Crippen molar-refractivity contribution in [2.45, 2.75) is 25.9 Å². The van der Waals surface area contributed by atoms with Crippen LogP contribution >= 0.6 is 11.3 Å². The van der Waals surface area contributed by atoms with Crippen LogP contribution < -0.4 is 5.73 Å². The Hall–Kier alpha value is -1.04. The summed E-state index contributed by atoms with van der Waals surface area (Å²) in [6.07, 6.45) is 1.94. The second-order valence-electron chi connectivity index (χ2n) is 4.22. The first-order valence-electron chi connectivity index (χ1n) is 5.60. The van der Waals surface area contributed by atoms with Crippen molar-refractivity contribution >= 4 is 11.3 Å². The molecule has 5 heteroatoms. The van der Waals surface area contributed by atoms with E-state index in [2.05, 4.69) is 26.0 Å². The third kappa shape index (κ3) is 2.62. The molecule has 0 bridgehead atoms. The molecule has 2 atom stereocenters. The van der Waals surface area contributed by atoms with Gasteiger partial charge in [-0.1, -0.05) is 0 Å². The summed E-state index contributed by atoms with van der Waals surface area (Å²) in [5, 5.41) is 1.89. The van der Waals surface area contributed by atoms with Crippen molar-refractivity contribution in [1.82, 2.24) is 5.06 Å². The lowest BCUT2D eigenvalue weighted by Crippen LogP contribution is -2.35. The van der Waals surface area contributed by atoms with Crippen LogP contribution in [-0.2, 0) is 9.57 Å². The van der Waals surface area contributed by atoms with Crippen molar-refractivity contribution in [3.8, 4) is 0 Å². The first kappa shape index (κ1) is 12.4. The van der Waals surface area contributed by atoms with Crippen molar-refractivity contribution in [1.29, 1.82) is 0 Å². The fourth-order valence-corrected chi connectivity index (χ4v) is 2.87. The number of aryl methyl sites for hydroxylation is 1. The highest BCUT2D eigenvalue weighted by Crippen LogP contribution is 2.35. The number of rotatable bonds is 4. The Bertz CT molecular complexity index is 416. The lowest BCUT2D eigenvalue weighted by molar-refractivity contribution is -0.158. The van der Waals surface area contributed by atoms with E-state index >= 15 is 0 Å². The van der Waals surface area contributed by atoms with Crippen LogP contribution in [0.3, 0.4) is 0 Å². The monoisotopic (exact) mass is 254 g/mol. The van der Waals surface area contributed by atoms with Gasteiger partial charge in [-0.05, 0) is 26.0 Å². The number of hydrogen-bond donors (Lipinski definition) is 1. The predicted octanol–water partition coefficient (Wildman–Crippen LogP) is 2.18. The minimum Gasteiger partial charge on any atom is -0.387 e. The smallest absolute Gasteiger partial charge is 0.207 e. The zero-order valence-electron chi connectivity index (χ0n) is 10.3. The molecule has 2 heterocycles. The van der Waals surface area contributed by atoms with Crippen LogP contribution in [0.1, 0.15) is 22.7 Å². The van der Waals surface area contributed by atoms with Gasteiger partial charge in [0.25, 0.3) is 0 Å². The van der Waals surface area contributed by atoms with Gasteiger partial charge in [0.15, 0.2) is 0 Å². The standard InChI is InChI=1S/C12H18N2O2S/c1-8(7-15-3)14-10(6-12(13)16-14)11-5-4-9(2)17-11/h4-6,8,10H,7,13H2,1-3H3. The maximum Gasteiger partial charge on any atom is 0.207 e. The molecule has 0 saturated carbocycles. The normalized spacial score (nSPS) is 22.3. The van der Waals surface area contributed by atoms with E-state index in [1.165, 1.54) is 9.75 Å². The van der Waals surface area contributed by atoms with Gasteiger partial charge in [0, 0.05) is 22.9 Å². The van der Waals surface area contributed by atoms with Crippen LogP contribution in [0, 0.1) is 6.92 Å². The van der Waals surface area contributed by atoms with Gasteiger partial charge in [-0.3, -0.25) is 0 Å². The zero-order valence-corrected chi connectivity index (χ0v) is 11.2. The van der Waals surface area contributed by atoms with E-state index in [4.69, 9.17) is 15.3 Å². The molecule has 1 aliphatic heterocycles. The average molecular weight is 254 g/mol. The third-order valence-corrected chi connectivity index (χ3v) is 3.77. The Balaban J connectivity index is 2.18. The lowest BCUT2D eigenvalue weighted by atomic mass is 10.2. The van der Waals surface area contributed by atoms with Gasteiger partial charge >= 0.3 is 0 Å². The van der Waals surface area contributed by atoms with Gasteiger partial charge in [0.05, 0.1) is 12.6 Å². The van der Waals surface area contributed by atoms with Crippen molar-refractivity contribution in [2.75, 3.05) is 13.7 Å². The van der Waals surface area contributed by atoms with E-state index in [1.54, 1.807) is 18.4 Å². The third-order valence-electron chi connectivity index (χ3n) is 2.70. The molecule has 17 heavy (non-hydrogen) atoms. The van der Waals surface area contributed by atoms with E-state index in [0.29, 0.717) is 12.5 Å². The van der Waals surface area contributed by atoms with Crippen molar-refractivity contribution in [2.24, 2.45) is 5.73 Å². The number of methoxy groups -OCH3 is 1. The fraction of sp³-hybridized carbons (Fsp3) is 0.500. The lowest BCUT2D eigenvalue weighted by Gasteiger charge is -2.27. The van der Waals surface area contributed by atoms with Crippen LogP contribution in [0.25, 0.3) is 0 Å². The SMILES string of the molecule is COCC(C)N1OC(N)=CC1c1ccc(C)s1. The number of thiophene rings is 1. The summed E-state index contributed by atoms with van der Waals surface area (Å²) in [6, 6.07) is 4.49. The molecule has 2 unspecified atom stereocenters. The Labute approximate surface area is 106 Å². The summed E-state index contributed by atoms with van der Waals surface area (Å²) in [5.41, 5.74) is 5.75. The molecule has 1 aromatic heterocycles. The van der Waals surface area contributed by atoms with Gasteiger partial charge in [0.2, 0.25) is 5.88 Å². The molecule has 0 saturated heterocycles. The Morgan fingerprint density at radius 1 is 1.59 bits per heavy atom. The van der Waals surface area contributed by atoms with Crippen LogP contribution in [-0.4, -0.2) is 24.8 Å². The summed E-state index contributed by atoms with van der Waals surface area (Å²) in [4.78, 5) is 8.08. The highest BCUT2D eigenvalue weighted by Gasteiger charge is 2.32. The highest BCUT2D eigenvalue weighted by atomic mass is 32.1. The van der Waals surface area contributed by atoms with Gasteiger partial charge in [-0.2, -0.15) is 0 Å². The predicted molar refractivity (Wildman–Crippen MR) is 68.3 cm³/mol. The minimum absolute atomic E-state index is 0.0962. The summed E-state index contributed by atoms with van der Waals surface area (Å²) < 4.78 is 5.16. The maximum absolute atomic E-state index is 5.75. The molecule has 0 spiro atoms. The number of nitrogens with two attached hydrogens (primary N) is 1. The molecule has 0 radical (unpaired) electrons. The van der Waals surface area contributed by atoms with Gasteiger partial charge in [-0.25, -0.2) is 0 Å². The first-order valence-corrected chi connectivity index (χ1v) is 6.42. The summed E-state index contributed by atoms with van der Waals surface area (Å²) in [7, 11) is 1.69. The molecule has 0 amide bonds. The van der Waals surface area contributed by atoms with Crippen molar-refractivity contribution in [3.05, 3.63) is 33.8 Å². The van der Waals surface area contributed by atoms with Crippen LogP contribution in [0.2, 0.25) is 0 Å². The van der Waals surface area contributed by atoms with E-state index in [0.717, 1.165) is 0 Å². The van der Waals surface area contributed by atoms with E-state index < -0.39 is 0 Å². The quantitative estimate of drug-likeness (QED) is 0.894.